The highest BCUT2D eigenvalue weighted by Crippen LogP contribution is 2.43. The second-order valence-electron chi connectivity index (χ2n) is 8.95. The fourth-order valence-corrected chi connectivity index (χ4v) is 5.23. The lowest BCUT2D eigenvalue weighted by Crippen LogP contribution is -2.62. The minimum Gasteiger partial charge on any atom is -0.352 e. The summed E-state index contributed by atoms with van der Waals surface area (Å²) in [5, 5.41) is 3.15. The number of anilines is 1. The Hall–Kier alpha value is -2.41. The van der Waals surface area contributed by atoms with Crippen LogP contribution in [0.3, 0.4) is 0 Å². The number of nitrogens with zero attached hydrogens (tertiary/aromatic N) is 3. The third-order valence-corrected chi connectivity index (χ3v) is 6.96. The van der Waals surface area contributed by atoms with Gasteiger partial charge in [-0.2, -0.15) is 0 Å². The molecule has 4 aliphatic rings. The molecule has 3 fully saturated rings. The van der Waals surface area contributed by atoms with Gasteiger partial charge in [-0.15, -0.1) is 0 Å². The number of fused-ring (bicyclic) bond motifs is 3. The molecule has 2 unspecified atom stereocenters. The topological polar surface area (TPSA) is 73.0 Å². The zero-order valence-electron chi connectivity index (χ0n) is 16.9. The van der Waals surface area contributed by atoms with Crippen LogP contribution in [-0.4, -0.2) is 64.9 Å². The van der Waals surface area contributed by atoms with Gasteiger partial charge in [0.15, 0.2) is 0 Å². The summed E-state index contributed by atoms with van der Waals surface area (Å²) in [5.41, 5.74) is 0.532. The zero-order chi connectivity index (χ0) is 20.2. The minimum absolute atomic E-state index is 0.0150. The number of para-hydroxylation sites is 1. The summed E-state index contributed by atoms with van der Waals surface area (Å²) >= 11 is 0. The fourth-order valence-electron chi connectivity index (χ4n) is 5.23. The van der Waals surface area contributed by atoms with Gasteiger partial charge >= 0.3 is 0 Å². The molecule has 3 heterocycles. The van der Waals surface area contributed by atoms with E-state index in [1.54, 1.807) is 15.9 Å². The van der Waals surface area contributed by atoms with Crippen molar-refractivity contribution >= 4 is 23.4 Å². The Bertz CT molecular complexity index is 867. The number of hydrogen-bond donors (Lipinski definition) is 1. The lowest BCUT2D eigenvalue weighted by molar-refractivity contribution is -0.122. The van der Waals surface area contributed by atoms with Gasteiger partial charge in [0.25, 0.3) is 5.91 Å². The van der Waals surface area contributed by atoms with Gasteiger partial charge in [-0.3, -0.25) is 24.2 Å². The second-order valence-corrected chi connectivity index (χ2v) is 8.95. The highest BCUT2D eigenvalue weighted by molar-refractivity contribution is 6.10. The lowest BCUT2D eigenvalue weighted by Gasteiger charge is -2.48. The van der Waals surface area contributed by atoms with E-state index in [9.17, 15) is 14.4 Å². The molecule has 2 saturated heterocycles. The van der Waals surface area contributed by atoms with E-state index in [0.29, 0.717) is 30.6 Å². The van der Waals surface area contributed by atoms with Crippen molar-refractivity contribution in [3.05, 3.63) is 29.8 Å². The molecule has 3 aliphatic heterocycles. The molecule has 1 aliphatic carbocycles. The summed E-state index contributed by atoms with van der Waals surface area (Å²) in [7, 11) is 0. The minimum atomic E-state index is -0.696. The number of benzene rings is 1. The third-order valence-electron chi connectivity index (χ3n) is 6.96. The number of rotatable bonds is 5. The highest BCUT2D eigenvalue weighted by Gasteiger charge is 2.52. The molecule has 29 heavy (non-hydrogen) atoms. The van der Waals surface area contributed by atoms with Crippen molar-refractivity contribution in [3.8, 4) is 0 Å². The molecular formula is C22H28N4O3. The Labute approximate surface area is 171 Å². The molecular weight excluding hydrogens is 368 g/mol. The zero-order valence-corrected chi connectivity index (χ0v) is 16.9. The van der Waals surface area contributed by atoms with Gasteiger partial charge in [0.1, 0.15) is 5.66 Å². The van der Waals surface area contributed by atoms with E-state index in [1.807, 2.05) is 25.1 Å². The molecule has 1 aromatic carbocycles. The standard InChI is InChI=1S/C22H28N4O3/c1-22-11-8-20(28)26(22)18-5-3-2-4-17(18)21(29)25(22)13-10-19(27)23-15-9-12-24(14-15)16-6-7-16/h2-5,15-16H,6-14H2,1H3,(H,23,27). The molecule has 2 atom stereocenters. The van der Waals surface area contributed by atoms with Crippen LogP contribution in [0.25, 0.3) is 0 Å². The number of carbonyl (C=O) groups is 3. The first kappa shape index (κ1) is 18.6. The Balaban J connectivity index is 1.27. The van der Waals surface area contributed by atoms with Gasteiger partial charge in [0.05, 0.1) is 11.3 Å². The maximum Gasteiger partial charge on any atom is 0.257 e. The van der Waals surface area contributed by atoms with Crippen molar-refractivity contribution in [2.24, 2.45) is 0 Å². The Morgan fingerprint density at radius 2 is 2.00 bits per heavy atom. The second kappa shape index (κ2) is 6.83. The smallest absolute Gasteiger partial charge is 0.257 e. The van der Waals surface area contributed by atoms with Gasteiger partial charge in [0.2, 0.25) is 11.8 Å². The van der Waals surface area contributed by atoms with Crippen LogP contribution >= 0.6 is 0 Å². The molecule has 1 N–H and O–H groups in total. The van der Waals surface area contributed by atoms with Gasteiger partial charge in [-0.1, -0.05) is 12.1 Å². The van der Waals surface area contributed by atoms with Crippen molar-refractivity contribution in [2.45, 2.75) is 63.2 Å². The predicted molar refractivity (Wildman–Crippen MR) is 108 cm³/mol. The predicted octanol–water partition coefficient (Wildman–Crippen LogP) is 1.73. The number of carbonyl (C=O) groups excluding carboxylic acids is 3. The van der Waals surface area contributed by atoms with Crippen LogP contribution in [0.2, 0.25) is 0 Å². The Morgan fingerprint density at radius 1 is 1.21 bits per heavy atom. The average Bonchev–Trinajstić information content (AvgIpc) is 3.37. The highest BCUT2D eigenvalue weighted by atomic mass is 16.2. The van der Waals surface area contributed by atoms with E-state index in [1.165, 1.54) is 12.8 Å². The monoisotopic (exact) mass is 396 g/mol. The first-order chi connectivity index (χ1) is 14.0. The molecule has 0 aromatic heterocycles. The van der Waals surface area contributed by atoms with Crippen LogP contribution in [0.5, 0.6) is 0 Å². The molecule has 7 nitrogen and oxygen atoms in total. The van der Waals surface area contributed by atoms with Crippen molar-refractivity contribution in [3.63, 3.8) is 0 Å². The van der Waals surface area contributed by atoms with Crippen LogP contribution < -0.4 is 10.2 Å². The maximum absolute atomic E-state index is 13.2. The van der Waals surface area contributed by atoms with Gasteiger partial charge < -0.3 is 10.2 Å². The SMILES string of the molecule is CC12CCC(=O)N1c1ccccc1C(=O)N2CCC(=O)NC1CCN(C2CC2)C1. The van der Waals surface area contributed by atoms with Crippen LogP contribution in [0.4, 0.5) is 5.69 Å². The maximum atomic E-state index is 13.2. The van der Waals surface area contributed by atoms with Gasteiger partial charge in [-0.05, 0) is 44.7 Å². The summed E-state index contributed by atoms with van der Waals surface area (Å²) in [6.07, 6.45) is 4.83. The molecule has 0 bridgehead atoms. The Kier molecular flexibility index (Phi) is 4.38. The van der Waals surface area contributed by atoms with Crippen molar-refractivity contribution < 1.29 is 14.4 Å². The number of hydrogen-bond acceptors (Lipinski definition) is 4. The number of likely N-dealkylation sites (tertiary alicyclic amines) is 1. The summed E-state index contributed by atoms with van der Waals surface area (Å²) in [5.74, 6) is -0.0746. The number of nitrogens with one attached hydrogen (secondary N) is 1. The quantitative estimate of drug-likeness (QED) is 0.823. The summed E-state index contributed by atoms with van der Waals surface area (Å²) in [6.45, 7) is 4.26. The summed E-state index contributed by atoms with van der Waals surface area (Å²) < 4.78 is 0. The van der Waals surface area contributed by atoms with Gasteiger partial charge in [-0.25, -0.2) is 0 Å². The van der Waals surface area contributed by atoms with Crippen molar-refractivity contribution in [2.75, 3.05) is 24.5 Å². The van der Waals surface area contributed by atoms with E-state index in [4.69, 9.17) is 0 Å². The van der Waals surface area contributed by atoms with Crippen LogP contribution in [0, 0.1) is 0 Å². The van der Waals surface area contributed by atoms with Crippen molar-refractivity contribution in [1.29, 1.82) is 0 Å². The third kappa shape index (κ3) is 3.12. The molecule has 5 rings (SSSR count). The summed E-state index contributed by atoms with van der Waals surface area (Å²) in [6, 6.07) is 8.21. The lowest BCUT2D eigenvalue weighted by atomic mass is 9.98. The molecule has 1 saturated carbocycles. The largest absolute Gasteiger partial charge is 0.352 e. The Morgan fingerprint density at radius 3 is 2.79 bits per heavy atom. The van der Waals surface area contributed by atoms with Crippen LogP contribution in [0.1, 0.15) is 55.8 Å². The fraction of sp³-hybridized carbons (Fsp3) is 0.591. The van der Waals surface area contributed by atoms with E-state index in [0.717, 1.165) is 25.6 Å². The van der Waals surface area contributed by atoms with E-state index in [2.05, 4.69) is 10.2 Å². The molecule has 1 aromatic rings. The first-order valence-corrected chi connectivity index (χ1v) is 10.7. The van der Waals surface area contributed by atoms with E-state index < -0.39 is 5.66 Å². The molecule has 154 valence electrons. The van der Waals surface area contributed by atoms with Crippen molar-refractivity contribution in [1.82, 2.24) is 15.1 Å². The molecule has 0 radical (unpaired) electrons. The normalized spacial score (nSPS) is 29.2. The van der Waals surface area contributed by atoms with Gasteiger partial charge in [0, 0.05) is 44.6 Å². The molecule has 0 spiro atoms. The molecule has 3 amide bonds. The summed E-state index contributed by atoms with van der Waals surface area (Å²) in [4.78, 5) is 44.3. The van der Waals surface area contributed by atoms with E-state index in [-0.39, 0.29) is 30.2 Å². The van der Waals surface area contributed by atoms with E-state index >= 15 is 0 Å². The first-order valence-electron chi connectivity index (χ1n) is 10.7. The number of amides is 3. The van der Waals surface area contributed by atoms with Crippen LogP contribution in [-0.2, 0) is 9.59 Å². The van der Waals surface area contributed by atoms with Crippen LogP contribution in [0.15, 0.2) is 24.3 Å². The average molecular weight is 396 g/mol. The molecule has 7 heteroatoms.